The first kappa shape index (κ1) is 18.3. The molecule has 7 nitrogen and oxygen atoms in total. The first-order chi connectivity index (χ1) is 13.7. The van der Waals surface area contributed by atoms with Crippen molar-refractivity contribution in [2.24, 2.45) is 5.92 Å². The van der Waals surface area contributed by atoms with Crippen LogP contribution in [0.3, 0.4) is 0 Å². The summed E-state index contributed by atoms with van der Waals surface area (Å²) < 4.78 is 12.6. The molecule has 0 bridgehead atoms. The Morgan fingerprint density at radius 3 is 2.96 bits per heavy atom. The van der Waals surface area contributed by atoms with Gasteiger partial charge in [-0.15, -0.1) is 0 Å². The number of hydrogen-bond donors (Lipinski definition) is 1. The largest absolute Gasteiger partial charge is 0.467 e. The SMILES string of the molecule is COCCn1ccc2c(NC(=O)[C@H]3CC(=O)N(Cc4ccco4)C3)cccc21. The van der Waals surface area contributed by atoms with Crippen molar-refractivity contribution < 1.29 is 18.7 Å². The number of carbonyl (C=O) groups is 2. The maximum atomic E-state index is 12.8. The van der Waals surface area contributed by atoms with Gasteiger partial charge >= 0.3 is 0 Å². The van der Waals surface area contributed by atoms with Crippen LogP contribution >= 0.6 is 0 Å². The van der Waals surface area contributed by atoms with E-state index in [2.05, 4.69) is 9.88 Å². The van der Waals surface area contributed by atoms with E-state index in [1.807, 2.05) is 36.5 Å². The molecule has 146 valence electrons. The van der Waals surface area contributed by atoms with Crippen LogP contribution in [0.5, 0.6) is 0 Å². The molecule has 0 spiro atoms. The predicted molar refractivity (Wildman–Crippen MR) is 105 cm³/mol. The average molecular weight is 381 g/mol. The fourth-order valence-electron chi connectivity index (χ4n) is 3.64. The Kier molecular flexibility index (Phi) is 5.16. The van der Waals surface area contributed by atoms with Crippen LogP contribution in [0.25, 0.3) is 10.9 Å². The van der Waals surface area contributed by atoms with Crippen molar-refractivity contribution in [1.82, 2.24) is 9.47 Å². The van der Waals surface area contributed by atoms with Gasteiger partial charge in [0.15, 0.2) is 0 Å². The van der Waals surface area contributed by atoms with Gasteiger partial charge in [0.2, 0.25) is 11.8 Å². The molecular formula is C21H23N3O4. The normalized spacial score (nSPS) is 16.8. The van der Waals surface area contributed by atoms with Crippen LogP contribution in [0.15, 0.2) is 53.3 Å². The number of aromatic nitrogens is 1. The smallest absolute Gasteiger partial charge is 0.229 e. The average Bonchev–Trinajstić information content (AvgIpc) is 3.42. The fourth-order valence-corrected chi connectivity index (χ4v) is 3.64. The Labute approximate surface area is 162 Å². The highest BCUT2D eigenvalue weighted by atomic mass is 16.5. The van der Waals surface area contributed by atoms with Crippen LogP contribution in [0, 0.1) is 5.92 Å². The number of carbonyl (C=O) groups excluding carboxylic acids is 2. The molecule has 1 aliphatic heterocycles. The number of methoxy groups -OCH3 is 1. The molecule has 3 heterocycles. The van der Waals surface area contributed by atoms with Gasteiger partial charge in [-0.25, -0.2) is 0 Å². The minimum absolute atomic E-state index is 0.0273. The zero-order valence-corrected chi connectivity index (χ0v) is 15.8. The number of nitrogens with zero attached hydrogens (tertiary/aromatic N) is 2. The number of ether oxygens (including phenoxy) is 1. The van der Waals surface area contributed by atoms with Gasteiger partial charge in [-0.2, -0.15) is 0 Å². The molecule has 28 heavy (non-hydrogen) atoms. The van der Waals surface area contributed by atoms with E-state index >= 15 is 0 Å². The second kappa shape index (κ2) is 7.90. The number of fused-ring (bicyclic) bond motifs is 1. The summed E-state index contributed by atoms with van der Waals surface area (Å²) in [7, 11) is 1.68. The molecule has 0 radical (unpaired) electrons. The Morgan fingerprint density at radius 1 is 1.29 bits per heavy atom. The van der Waals surface area contributed by atoms with E-state index in [0.717, 1.165) is 28.9 Å². The molecule has 3 aromatic rings. The monoisotopic (exact) mass is 381 g/mol. The van der Waals surface area contributed by atoms with Gasteiger partial charge in [0.05, 0.1) is 36.5 Å². The summed E-state index contributed by atoms with van der Waals surface area (Å²) >= 11 is 0. The van der Waals surface area contributed by atoms with E-state index in [1.165, 1.54) is 0 Å². The fraction of sp³-hybridized carbons (Fsp3) is 0.333. The quantitative estimate of drug-likeness (QED) is 0.683. The van der Waals surface area contributed by atoms with E-state index < -0.39 is 0 Å². The molecule has 0 unspecified atom stereocenters. The van der Waals surface area contributed by atoms with Crippen molar-refractivity contribution >= 4 is 28.4 Å². The summed E-state index contributed by atoms with van der Waals surface area (Å²) in [5, 5.41) is 3.99. The van der Waals surface area contributed by atoms with E-state index in [1.54, 1.807) is 24.3 Å². The standard InChI is InChI=1S/C21H23N3O4/c1-27-11-9-23-8-7-17-18(5-2-6-19(17)23)22-21(26)15-12-20(25)24(13-15)14-16-4-3-10-28-16/h2-8,10,15H,9,11-14H2,1H3,(H,22,26)/t15-/m0/s1. The van der Waals surface area contributed by atoms with Crippen LogP contribution in [-0.4, -0.2) is 41.5 Å². The summed E-state index contributed by atoms with van der Waals surface area (Å²) in [5.74, 6) is 0.192. The Bertz CT molecular complexity index is 977. The second-order valence-electron chi connectivity index (χ2n) is 6.98. The number of rotatable bonds is 7. The number of amides is 2. The number of furan rings is 1. The second-order valence-corrected chi connectivity index (χ2v) is 6.98. The molecule has 1 atom stereocenters. The number of anilines is 1. The maximum Gasteiger partial charge on any atom is 0.229 e. The van der Waals surface area contributed by atoms with Gasteiger partial charge in [-0.3, -0.25) is 9.59 Å². The maximum absolute atomic E-state index is 12.8. The van der Waals surface area contributed by atoms with Crippen molar-refractivity contribution in [2.75, 3.05) is 25.6 Å². The molecule has 7 heteroatoms. The third-order valence-electron chi connectivity index (χ3n) is 5.12. The van der Waals surface area contributed by atoms with Crippen molar-refractivity contribution in [3.8, 4) is 0 Å². The van der Waals surface area contributed by atoms with Crippen LogP contribution in [0.2, 0.25) is 0 Å². The van der Waals surface area contributed by atoms with E-state index in [-0.39, 0.29) is 24.2 Å². The molecule has 1 N–H and O–H groups in total. The summed E-state index contributed by atoms with van der Waals surface area (Å²) in [4.78, 5) is 26.7. The predicted octanol–water partition coefficient (Wildman–Crippen LogP) is 2.87. The van der Waals surface area contributed by atoms with Gasteiger partial charge in [-0.1, -0.05) is 6.07 Å². The summed E-state index contributed by atoms with van der Waals surface area (Å²) in [6.45, 7) is 2.16. The first-order valence-electron chi connectivity index (χ1n) is 9.33. The van der Waals surface area contributed by atoms with E-state index in [0.29, 0.717) is 19.7 Å². The highest BCUT2D eigenvalue weighted by Crippen LogP contribution is 2.27. The van der Waals surface area contributed by atoms with Gasteiger partial charge in [0.25, 0.3) is 0 Å². The third kappa shape index (κ3) is 3.66. The number of benzene rings is 1. The topological polar surface area (TPSA) is 76.7 Å². The molecule has 1 saturated heterocycles. The molecular weight excluding hydrogens is 358 g/mol. The van der Waals surface area contributed by atoms with Crippen LogP contribution in [0.1, 0.15) is 12.2 Å². The van der Waals surface area contributed by atoms with Crippen molar-refractivity contribution in [2.45, 2.75) is 19.5 Å². The van der Waals surface area contributed by atoms with Crippen molar-refractivity contribution in [3.63, 3.8) is 0 Å². The van der Waals surface area contributed by atoms with Crippen molar-refractivity contribution in [3.05, 3.63) is 54.6 Å². The lowest BCUT2D eigenvalue weighted by Crippen LogP contribution is -2.27. The summed E-state index contributed by atoms with van der Waals surface area (Å²) in [5.41, 5.74) is 1.80. The van der Waals surface area contributed by atoms with Gasteiger partial charge in [-0.05, 0) is 30.3 Å². The number of likely N-dealkylation sites (tertiary alicyclic amines) is 1. The van der Waals surface area contributed by atoms with Crippen LogP contribution in [-0.2, 0) is 27.4 Å². The van der Waals surface area contributed by atoms with Crippen molar-refractivity contribution in [1.29, 1.82) is 0 Å². The molecule has 1 aliphatic rings. The Balaban J connectivity index is 1.45. The summed E-state index contributed by atoms with van der Waals surface area (Å²) in [6, 6.07) is 11.4. The molecule has 4 rings (SSSR count). The third-order valence-corrected chi connectivity index (χ3v) is 5.12. The van der Waals surface area contributed by atoms with Crippen LogP contribution < -0.4 is 5.32 Å². The Morgan fingerprint density at radius 2 is 2.18 bits per heavy atom. The molecule has 0 saturated carbocycles. The zero-order chi connectivity index (χ0) is 19.5. The number of hydrogen-bond acceptors (Lipinski definition) is 4. The highest BCUT2D eigenvalue weighted by molar-refractivity contribution is 6.03. The minimum Gasteiger partial charge on any atom is -0.467 e. The molecule has 1 aromatic carbocycles. The minimum atomic E-state index is -0.367. The van der Waals surface area contributed by atoms with Gasteiger partial charge < -0.3 is 23.9 Å². The Hall–Kier alpha value is -3.06. The summed E-state index contributed by atoms with van der Waals surface area (Å²) in [6.07, 6.45) is 3.79. The number of nitrogens with one attached hydrogen (secondary N) is 1. The lowest BCUT2D eigenvalue weighted by atomic mass is 10.1. The molecule has 2 amide bonds. The molecule has 0 aliphatic carbocycles. The lowest BCUT2D eigenvalue weighted by molar-refractivity contribution is -0.128. The lowest BCUT2D eigenvalue weighted by Gasteiger charge is -2.15. The zero-order valence-electron chi connectivity index (χ0n) is 15.8. The molecule has 1 fully saturated rings. The van der Waals surface area contributed by atoms with E-state index in [9.17, 15) is 9.59 Å². The van der Waals surface area contributed by atoms with Gasteiger partial charge in [0.1, 0.15) is 5.76 Å². The first-order valence-corrected chi connectivity index (χ1v) is 9.33. The van der Waals surface area contributed by atoms with Gasteiger partial charge in [0, 0.05) is 38.2 Å². The highest BCUT2D eigenvalue weighted by Gasteiger charge is 2.34. The molecule has 2 aromatic heterocycles. The van der Waals surface area contributed by atoms with Crippen LogP contribution in [0.4, 0.5) is 5.69 Å². The van der Waals surface area contributed by atoms with E-state index in [4.69, 9.17) is 9.15 Å².